The van der Waals surface area contributed by atoms with Gasteiger partial charge in [0.15, 0.2) is 0 Å². The zero-order valence-electron chi connectivity index (χ0n) is 55.2. The summed E-state index contributed by atoms with van der Waals surface area (Å²) in [5.74, 6) is -0.137. The van der Waals surface area contributed by atoms with Gasteiger partial charge in [0.25, 0.3) is 0 Å². The first-order valence-electron chi connectivity index (χ1n) is 35.7. The van der Waals surface area contributed by atoms with Crippen LogP contribution in [0.4, 0.5) is 0 Å². The van der Waals surface area contributed by atoms with E-state index in [0.29, 0.717) is 23.9 Å². The van der Waals surface area contributed by atoms with Crippen molar-refractivity contribution in [2.24, 2.45) is 0 Å². The molecular formula is C73H140N2O6P+. The molecule has 0 rings (SSSR count). The second-order valence-corrected chi connectivity index (χ2v) is 27.0. The molecule has 3 atom stereocenters. The molecule has 0 spiro atoms. The van der Waals surface area contributed by atoms with Crippen LogP contribution in [-0.4, -0.2) is 73.4 Å². The molecule has 82 heavy (non-hydrogen) atoms. The quantitative estimate of drug-likeness (QED) is 0.0243. The average molecular weight is 1170 g/mol. The number of unbranched alkanes of at least 4 members (excludes halogenated alkanes) is 43. The number of quaternary nitrogens is 1. The molecule has 1 amide bonds. The van der Waals surface area contributed by atoms with Gasteiger partial charge in [0.2, 0.25) is 5.91 Å². The fourth-order valence-corrected chi connectivity index (χ4v) is 11.5. The van der Waals surface area contributed by atoms with E-state index in [1.54, 1.807) is 0 Å². The van der Waals surface area contributed by atoms with Crippen LogP contribution >= 0.6 is 7.82 Å². The number of nitrogens with one attached hydrogen (secondary N) is 1. The van der Waals surface area contributed by atoms with Gasteiger partial charge < -0.3 is 19.8 Å². The molecule has 8 nitrogen and oxygen atoms in total. The molecule has 0 radical (unpaired) electrons. The number of phosphoric acid groups is 1. The lowest BCUT2D eigenvalue weighted by Crippen LogP contribution is -2.46. The van der Waals surface area contributed by atoms with Crippen LogP contribution < -0.4 is 5.32 Å². The number of hydrogen-bond donors (Lipinski definition) is 3. The molecule has 0 aromatic carbocycles. The second-order valence-electron chi connectivity index (χ2n) is 25.6. The Hall–Kier alpha value is -1.80. The third kappa shape index (κ3) is 65.7. The van der Waals surface area contributed by atoms with Crippen LogP contribution in [0.3, 0.4) is 0 Å². The van der Waals surface area contributed by atoms with Crippen molar-refractivity contribution in [3.05, 3.63) is 60.8 Å². The van der Waals surface area contributed by atoms with Crippen molar-refractivity contribution in [2.75, 3.05) is 40.9 Å². The van der Waals surface area contributed by atoms with E-state index in [1.165, 1.54) is 250 Å². The lowest BCUT2D eigenvalue weighted by molar-refractivity contribution is -0.870. The topological polar surface area (TPSA) is 105 Å². The fraction of sp³-hybridized carbons (Fsp3) is 0.849. The van der Waals surface area contributed by atoms with Gasteiger partial charge in [0, 0.05) is 6.42 Å². The van der Waals surface area contributed by atoms with Gasteiger partial charge in [0.05, 0.1) is 39.9 Å². The predicted molar refractivity (Wildman–Crippen MR) is 360 cm³/mol. The molecule has 0 aromatic rings. The summed E-state index contributed by atoms with van der Waals surface area (Å²) in [6.45, 7) is 4.82. The third-order valence-corrected chi connectivity index (χ3v) is 17.3. The van der Waals surface area contributed by atoms with Gasteiger partial charge in [-0.2, -0.15) is 0 Å². The number of nitrogens with zero attached hydrogens (tertiary/aromatic N) is 1. The lowest BCUT2D eigenvalue weighted by Gasteiger charge is -2.26. The Morgan fingerprint density at radius 3 is 1.07 bits per heavy atom. The minimum atomic E-state index is -4.33. The van der Waals surface area contributed by atoms with E-state index >= 15 is 0 Å². The summed E-state index contributed by atoms with van der Waals surface area (Å²) in [4.78, 5) is 23.4. The van der Waals surface area contributed by atoms with Gasteiger partial charge in [-0.3, -0.25) is 13.8 Å². The monoisotopic (exact) mass is 1170 g/mol. The largest absolute Gasteiger partial charge is 0.472 e. The highest BCUT2D eigenvalue weighted by Gasteiger charge is 2.28. The number of allylic oxidation sites excluding steroid dienone is 10. The van der Waals surface area contributed by atoms with Crippen LogP contribution in [0.1, 0.15) is 348 Å². The maximum atomic E-state index is 13.1. The molecule has 0 aliphatic rings. The van der Waals surface area contributed by atoms with Crippen molar-refractivity contribution in [3.63, 3.8) is 0 Å². The summed E-state index contributed by atoms with van der Waals surface area (Å²) in [7, 11) is 1.63. The highest BCUT2D eigenvalue weighted by Crippen LogP contribution is 2.43. The fourth-order valence-electron chi connectivity index (χ4n) is 10.8. The van der Waals surface area contributed by atoms with Crippen molar-refractivity contribution < 1.29 is 32.9 Å². The lowest BCUT2D eigenvalue weighted by atomic mass is 10.0. The first-order valence-corrected chi connectivity index (χ1v) is 37.1. The Kier molecular flexibility index (Phi) is 62.3. The highest BCUT2D eigenvalue weighted by molar-refractivity contribution is 7.47. The zero-order valence-corrected chi connectivity index (χ0v) is 56.1. The molecule has 0 bridgehead atoms. The molecule has 0 heterocycles. The Bertz CT molecular complexity index is 1520. The van der Waals surface area contributed by atoms with Gasteiger partial charge in [-0.1, -0.05) is 344 Å². The van der Waals surface area contributed by atoms with Gasteiger partial charge in [-0.25, -0.2) is 4.57 Å². The summed E-state index contributed by atoms with van der Waals surface area (Å²) in [6, 6.07) is -0.760. The number of carbonyl (C=O) groups is 1. The van der Waals surface area contributed by atoms with Crippen molar-refractivity contribution in [1.29, 1.82) is 0 Å². The second kappa shape index (κ2) is 63.7. The molecule has 0 aliphatic carbocycles. The first kappa shape index (κ1) is 80.2. The van der Waals surface area contributed by atoms with Crippen LogP contribution in [0, 0.1) is 0 Å². The Labute approximate surface area is 511 Å². The van der Waals surface area contributed by atoms with Gasteiger partial charge in [-0.05, 0) is 57.8 Å². The normalized spacial score (nSPS) is 14.0. The minimum absolute atomic E-state index is 0.0765. The number of likely N-dealkylation sites (N-methyl/N-ethyl adjacent to an activating group) is 1. The van der Waals surface area contributed by atoms with Gasteiger partial charge >= 0.3 is 7.82 Å². The average Bonchev–Trinajstić information content (AvgIpc) is 3.47. The Balaban J connectivity index is 3.89. The number of carbonyl (C=O) groups excluding carboxylic acids is 1. The van der Waals surface area contributed by atoms with Crippen molar-refractivity contribution in [3.8, 4) is 0 Å². The van der Waals surface area contributed by atoms with Crippen LogP contribution in [0.2, 0.25) is 0 Å². The summed E-state index contributed by atoms with van der Waals surface area (Å²) in [5.41, 5.74) is 0. The van der Waals surface area contributed by atoms with Crippen molar-refractivity contribution in [1.82, 2.24) is 5.32 Å². The standard InChI is InChI=1S/C73H139N2O6P/c1-6-8-10-12-14-16-18-20-22-24-26-27-28-29-30-31-32-33-34-35-36-37-38-39-40-41-42-43-44-45-46-47-49-51-53-55-57-59-61-63-65-67-73(77)74-71(70-81-82(78,79)80-69-68-75(3,4)5)72(76)66-64-62-60-58-56-54-52-50-48-25-23-21-19-17-15-13-11-9-7-2/h8,10,14,16,20,22,26-27,29-30,71-72,76H,6-7,9,11-13,15,17-19,21,23-25,28,31-70H2,1-5H3,(H-,74,77,78,79)/p+1/b10-8-,16-14-,22-20-,27-26-,30-29-. The molecule has 3 N–H and O–H groups in total. The third-order valence-electron chi connectivity index (χ3n) is 16.3. The van der Waals surface area contributed by atoms with Gasteiger partial charge in [0.1, 0.15) is 13.2 Å². The van der Waals surface area contributed by atoms with Crippen molar-refractivity contribution >= 4 is 13.7 Å². The number of phosphoric ester groups is 1. The summed E-state index contributed by atoms with van der Waals surface area (Å²) < 4.78 is 23.9. The summed E-state index contributed by atoms with van der Waals surface area (Å²) >= 11 is 0. The maximum absolute atomic E-state index is 13.1. The van der Waals surface area contributed by atoms with E-state index < -0.39 is 20.0 Å². The minimum Gasteiger partial charge on any atom is -0.391 e. The van der Waals surface area contributed by atoms with Crippen LogP contribution in [0.25, 0.3) is 0 Å². The molecule has 0 fully saturated rings. The van der Waals surface area contributed by atoms with E-state index in [4.69, 9.17) is 9.05 Å². The van der Waals surface area contributed by atoms with Crippen molar-refractivity contribution in [2.45, 2.75) is 360 Å². The number of aliphatic hydroxyl groups excluding tert-OH is 1. The maximum Gasteiger partial charge on any atom is 0.472 e. The predicted octanol–water partition coefficient (Wildman–Crippen LogP) is 22.8. The Morgan fingerprint density at radius 2 is 0.732 bits per heavy atom. The van der Waals surface area contributed by atoms with E-state index in [9.17, 15) is 19.4 Å². The van der Waals surface area contributed by atoms with E-state index in [-0.39, 0.29) is 19.1 Å². The van der Waals surface area contributed by atoms with E-state index in [0.717, 1.165) is 70.6 Å². The van der Waals surface area contributed by atoms with E-state index in [1.807, 2.05) is 21.1 Å². The summed E-state index contributed by atoms with van der Waals surface area (Å²) in [5, 5.41) is 14.1. The smallest absolute Gasteiger partial charge is 0.391 e. The molecular weight excluding hydrogens is 1030 g/mol. The van der Waals surface area contributed by atoms with Crippen LogP contribution in [0.5, 0.6) is 0 Å². The number of rotatable bonds is 66. The number of amides is 1. The SMILES string of the molecule is CC/C=C\C/C=C\C/C=C\C/C=C\C/C=C\CCCCCCCCCCCCCCCCCCCCCCCCCCCC(=O)NC(COP(=O)(O)OCC[N+](C)(C)C)C(O)CCCCCCCCCCCCCCCCCCCCC. The molecule has 0 aliphatic heterocycles. The zero-order chi connectivity index (χ0) is 59.8. The number of aliphatic hydroxyl groups is 1. The molecule has 0 saturated heterocycles. The molecule has 3 unspecified atom stereocenters. The molecule has 0 saturated carbocycles. The highest BCUT2D eigenvalue weighted by atomic mass is 31.2. The van der Waals surface area contributed by atoms with Gasteiger partial charge in [-0.15, -0.1) is 0 Å². The molecule has 9 heteroatoms. The van der Waals surface area contributed by atoms with E-state index in [2.05, 4.69) is 79.9 Å². The summed E-state index contributed by atoms with van der Waals surface area (Å²) in [6.07, 6.45) is 87.6. The van der Waals surface area contributed by atoms with Crippen LogP contribution in [0.15, 0.2) is 60.8 Å². The molecule has 482 valence electrons. The first-order chi connectivity index (χ1) is 40.0. The Morgan fingerprint density at radius 1 is 0.427 bits per heavy atom. The number of hydrogen-bond acceptors (Lipinski definition) is 5. The molecule has 0 aromatic heterocycles. The van der Waals surface area contributed by atoms with Crippen LogP contribution in [-0.2, 0) is 18.4 Å².